The van der Waals surface area contributed by atoms with Gasteiger partial charge in [-0.05, 0) is 20.5 Å². The normalized spacial score (nSPS) is 8.00. The van der Waals surface area contributed by atoms with Crippen LogP contribution in [0, 0.1) is 0 Å². The molecule has 0 aromatic carbocycles. The Morgan fingerprint density at radius 1 is 1.22 bits per heavy atom. The Kier molecular flexibility index (Phi) is 20.9. The molecule has 0 atom stereocenters. The van der Waals surface area contributed by atoms with Gasteiger partial charge in [0.05, 0.1) is 0 Å². The fraction of sp³-hybridized carbons (Fsp3) is 1.00. The molecule has 1 N–H and O–H groups in total. The topological polar surface area (TPSA) is 12.0 Å². The van der Waals surface area contributed by atoms with Crippen molar-refractivity contribution >= 4 is 11.6 Å². The zero-order valence-electron chi connectivity index (χ0n) is 6.71. The average molecular weight is 152 g/mol. The zero-order valence-corrected chi connectivity index (χ0v) is 7.46. The minimum absolute atomic E-state index is 0.827. The number of rotatable bonds is 3. The summed E-state index contributed by atoms with van der Waals surface area (Å²) in [5.41, 5.74) is 0. The minimum atomic E-state index is 0.827. The lowest BCUT2D eigenvalue weighted by Crippen LogP contribution is -1.89. The van der Waals surface area contributed by atoms with Crippen molar-refractivity contribution in [2.24, 2.45) is 0 Å². The predicted molar refractivity (Wildman–Crippen MR) is 45.2 cm³/mol. The highest BCUT2D eigenvalue weighted by Gasteiger charge is 1.76. The first kappa shape index (κ1) is 12.0. The summed E-state index contributed by atoms with van der Waals surface area (Å²) in [5.74, 6) is 0.827. The molecule has 0 bridgehead atoms. The molecule has 0 spiro atoms. The maximum atomic E-state index is 5.38. The molecule has 0 amide bonds. The van der Waals surface area contributed by atoms with E-state index < -0.39 is 0 Å². The molecule has 9 heavy (non-hydrogen) atoms. The van der Waals surface area contributed by atoms with Gasteiger partial charge in [-0.2, -0.15) is 0 Å². The van der Waals surface area contributed by atoms with Crippen molar-refractivity contribution in [1.29, 1.82) is 0 Å². The summed E-state index contributed by atoms with van der Waals surface area (Å²) in [4.78, 5) is 0. The van der Waals surface area contributed by atoms with Crippen LogP contribution in [0.1, 0.15) is 26.2 Å². The van der Waals surface area contributed by atoms with E-state index in [4.69, 9.17) is 11.6 Å². The van der Waals surface area contributed by atoms with E-state index in [-0.39, 0.29) is 0 Å². The SMILES string of the molecule is CCCCCCl.CNC. The van der Waals surface area contributed by atoms with Gasteiger partial charge in [0.15, 0.2) is 0 Å². The summed E-state index contributed by atoms with van der Waals surface area (Å²) in [6.07, 6.45) is 3.73. The zero-order chi connectivity index (χ0) is 7.54. The molecule has 0 aliphatic rings. The molecule has 58 valence electrons. The lowest BCUT2D eigenvalue weighted by atomic mass is 10.3. The Hall–Kier alpha value is 0.250. The number of alkyl halides is 1. The molecule has 0 aliphatic heterocycles. The molecule has 0 saturated carbocycles. The summed E-state index contributed by atoms with van der Waals surface area (Å²) in [6.45, 7) is 2.17. The van der Waals surface area contributed by atoms with E-state index >= 15 is 0 Å². The summed E-state index contributed by atoms with van der Waals surface area (Å²) in [7, 11) is 3.75. The Morgan fingerprint density at radius 2 is 1.67 bits per heavy atom. The number of halogens is 1. The highest BCUT2D eigenvalue weighted by molar-refractivity contribution is 6.17. The van der Waals surface area contributed by atoms with E-state index in [1.165, 1.54) is 19.3 Å². The van der Waals surface area contributed by atoms with Crippen LogP contribution in [0.5, 0.6) is 0 Å². The predicted octanol–water partition coefficient (Wildman–Crippen LogP) is 2.25. The second-order valence-electron chi connectivity index (χ2n) is 1.90. The third kappa shape index (κ3) is 30.5. The van der Waals surface area contributed by atoms with E-state index in [0.717, 1.165) is 5.88 Å². The van der Waals surface area contributed by atoms with Crippen molar-refractivity contribution in [3.05, 3.63) is 0 Å². The quantitative estimate of drug-likeness (QED) is 0.482. The number of hydrogen-bond donors (Lipinski definition) is 1. The molecule has 0 aromatic heterocycles. The smallest absolute Gasteiger partial charge is 0.0223 e. The van der Waals surface area contributed by atoms with Crippen LogP contribution < -0.4 is 5.32 Å². The van der Waals surface area contributed by atoms with Crippen LogP contribution in [-0.2, 0) is 0 Å². The third-order valence-electron chi connectivity index (χ3n) is 0.737. The van der Waals surface area contributed by atoms with Gasteiger partial charge >= 0.3 is 0 Å². The van der Waals surface area contributed by atoms with Crippen molar-refractivity contribution in [2.75, 3.05) is 20.0 Å². The fourth-order valence-corrected chi connectivity index (χ4v) is 0.533. The number of nitrogens with one attached hydrogen (secondary N) is 1. The van der Waals surface area contributed by atoms with Crippen molar-refractivity contribution in [3.8, 4) is 0 Å². The fourth-order valence-electron chi connectivity index (χ4n) is 0.344. The molecule has 0 radical (unpaired) electrons. The van der Waals surface area contributed by atoms with Crippen LogP contribution >= 0.6 is 11.6 Å². The first-order chi connectivity index (χ1) is 4.33. The summed E-state index contributed by atoms with van der Waals surface area (Å²) < 4.78 is 0. The van der Waals surface area contributed by atoms with Gasteiger partial charge in [-0.25, -0.2) is 0 Å². The Labute approximate surface area is 63.8 Å². The van der Waals surface area contributed by atoms with E-state index in [1.807, 2.05) is 14.1 Å². The standard InChI is InChI=1S/C5H11Cl.C2H7N/c1-2-3-4-5-6;1-3-2/h2-5H2,1H3;3H,1-2H3. The summed E-state index contributed by atoms with van der Waals surface area (Å²) >= 11 is 5.38. The molecule has 2 heteroatoms. The molecule has 0 heterocycles. The molecule has 0 fully saturated rings. The van der Waals surface area contributed by atoms with Gasteiger partial charge in [-0.3, -0.25) is 0 Å². The highest BCUT2D eigenvalue weighted by atomic mass is 35.5. The van der Waals surface area contributed by atoms with E-state index in [0.29, 0.717) is 0 Å². The monoisotopic (exact) mass is 151 g/mol. The van der Waals surface area contributed by atoms with Crippen molar-refractivity contribution in [3.63, 3.8) is 0 Å². The average Bonchev–Trinajstić information content (AvgIpc) is 1.86. The lowest BCUT2D eigenvalue weighted by molar-refractivity contribution is 0.776. The lowest BCUT2D eigenvalue weighted by Gasteiger charge is -1.84. The summed E-state index contributed by atoms with van der Waals surface area (Å²) in [5, 5.41) is 2.75. The van der Waals surface area contributed by atoms with E-state index in [9.17, 15) is 0 Å². The first-order valence-corrected chi connectivity index (χ1v) is 4.01. The van der Waals surface area contributed by atoms with Crippen molar-refractivity contribution < 1.29 is 0 Å². The molecule has 0 aromatic rings. The van der Waals surface area contributed by atoms with Crippen molar-refractivity contribution in [1.82, 2.24) is 5.32 Å². The molecule has 0 aliphatic carbocycles. The largest absolute Gasteiger partial charge is 0.323 e. The van der Waals surface area contributed by atoms with Crippen LogP contribution in [0.3, 0.4) is 0 Å². The summed E-state index contributed by atoms with van der Waals surface area (Å²) in [6, 6.07) is 0. The Bertz CT molecular complexity index is 28.1. The number of unbranched alkanes of at least 4 members (excludes halogenated alkanes) is 2. The molecule has 0 rings (SSSR count). The Balaban J connectivity index is 0. The molecular weight excluding hydrogens is 134 g/mol. The highest BCUT2D eigenvalue weighted by Crippen LogP contribution is 1.93. The van der Waals surface area contributed by atoms with Crippen LogP contribution in [0.4, 0.5) is 0 Å². The van der Waals surface area contributed by atoms with Crippen LogP contribution in [0.25, 0.3) is 0 Å². The minimum Gasteiger partial charge on any atom is -0.323 e. The van der Waals surface area contributed by atoms with Crippen LogP contribution in [0.15, 0.2) is 0 Å². The van der Waals surface area contributed by atoms with Gasteiger partial charge in [0.25, 0.3) is 0 Å². The van der Waals surface area contributed by atoms with Crippen molar-refractivity contribution in [2.45, 2.75) is 26.2 Å². The molecule has 0 saturated heterocycles. The first-order valence-electron chi connectivity index (χ1n) is 3.47. The van der Waals surface area contributed by atoms with Gasteiger partial charge in [0, 0.05) is 5.88 Å². The van der Waals surface area contributed by atoms with Crippen LogP contribution in [0.2, 0.25) is 0 Å². The van der Waals surface area contributed by atoms with Gasteiger partial charge < -0.3 is 5.32 Å². The maximum Gasteiger partial charge on any atom is 0.0223 e. The number of hydrogen-bond acceptors (Lipinski definition) is 1. The van der Waals surface area contributed by atoms with Crippen LogP contribution in [-0.4, -0.2) is 20.0 Å². The molecule has 1 nitrogen and oxygen atoms in total. The molecular formula is C7H18ClN. The van der Waals surface area contributed by atoms with E-state index in [2.05, 4.69) is 12.2 Å². The van der Waals surface area contributed by atoms with Gasteiger partial charge in [0.2, 0.25) is 0 Å². The van der Waals surface area contributed by atoms with E-state index in [1.54, 1.807) is 0 Å². The third-order valence-corrected chi connectivity index (χ3v) is 1.00. The Morgan fingerprint density at radius 3 is 1.78 bits per heavy atom. The molecule has 0 unspecified atom stereocenters. The second kappa shape index (κ2) is 15.7. The van der Waals surface area contributed by atoms with Gasteiger partial charge in [-0.15, -0.1) is 11.6 Å². The van der Waals surface area contributed by atoms with Gasteiger partial charge in [0.1, 0.15) is 0 Å². The van der Waals surface area contributed by atoms with Gasteiger partial charge in [-0.1, -0.05) is 19.8 Å². The second-order valence-corrected chi connectivity index (χ2v) is 2.27. The maximum absolute atomic E-state index is 5.38.